The monoisotopic (exact) mass is 277 g/mol. The van der Waals surface area contributed by atoms with Gasteiger partial charge in [0.25, 0.3) is 0 Å². The molecular formula is C17H11NO3. The fourth-order valence-electron chi connectivity index (χ4n) is 3.43. The molecule has 4 nitrogen and oxygen atoms in total. The first-order chi connectivity index (χ1) is 10.3. The summed E-state index contributed by atoms with van der Waals surface area (Å²) in [7, 11) is 0. The van der Waals surface area contributed by atoms with Crippen LogP contribution in [0.1, 0.15) is 11.1 Å². The van der Waals surface area contributed by atoms with E-state index >= 15 is 0 Å². The number of nitrogens with one attached hydrogen (secondary N) is 1. The van der Waals surface area contributed by atoms with Gasteiger partial charge >= 0.3 is 0 Å². The molecule has 2 aromatic carbocycles. The van der Waals surface area contributed by atoms with Gasteiger partial charge in [-0.3, -0.25) is 4.79 Å². The van der Waals surface area contributed by atoms with E-state index < -0.39 is 5.41 Å². The summed E-state index contributed by atoms with van der Waals surface area (Å²) in [4.78, 5) is 12.7. The smallest absolute Gasteiger partial charge is 0.243 e. The number of benzene rings is 2. The maximum atomic E-state index is 12.7. The lowest BCUT2D eigenvalue weighted by molar-refractivity contribution is -0.119. The van der Waals surface area contributed by atoms with E-state index in [2.05, 4.69) is 5.32 Å². The van der Waals surface area contributed by atoms with E-state index in [9.17, 15) is 4.79 Å². The van der Waals surface area contributed by atoms with Gasteiger partial charge in [0.1, 0.15) is 23.4 Å². The number of amides is 1. The van der Waals surface area contributed by atoms with E-state index in [1.807, 2.05) is 42.5 Å². The standard InChI is InChI=1S/C17H11NO3/c19-16-17(11-3-1-2-4-13(11)18-16)9-21-15-8-14-10(5-6-20-14)7-12(15)17/h1-8H,9H2,(H,18,19). The Morgan fingerprint density at radius 2 is 2.00 bits per heavy atom. The molecule has 5 rings (SSSR count). The highest BCUT2D eigenvalue weighted by atomic mass is 16.5. The average molecular weight is 277 g/mol. The number of furan rings is 1. The van der Waals surface area contributed by atoms with Crippen LogP contribution < -0.4 is 10.1 Å². The van der Waals surface area contributed by atoms with Crippen molar-refractivity contribution in [3.8, 4) is 5.75 Å². The van der Waals surface area contributed by atoms with Crippen LogP contribution in [0.15, 0.2) is 53.1 Å². The quantitative estimate of drug-likeness (QED) is 0.687. The Balaban J connectivity index is 1.85. The number of carbonyl (C=O) groups excluding carboxylic acids is 1. The fraction of sp³-hybridized carbons (Fsp3) is 0.118. The van der Waals surface area contributed by atoms with Gasteiger partial charge in [0, 0.05) is 22.7 Å². The van der Waals surface area contributed by atoms with E-state index in [0.29, 0.717) is 6.61 Å². The van der Waals surface area contributed by atoms with Gasteiger partial charge in [-0.2, -0.15) is 0 Å². The Labute approximate surface area is 120 Å². The van der Waals surface area contributed by atoms with Crippen molar-refractivity contribution >= 4 is 22.6 Å². The van der Waals surface area contributed by atoms with Gasteiger partial charge in [0.2, 0.25) is 5.91 Å². The van der Waals surface area contributed by atoms with Crippen molar-refractivity contribution in [2.45, 2.75) is 5.41 Å². The van der Waals surface area contributed by atoms with Gasteiger partial charge in [-0.15, -0.1) is 0 Å². The second-order valence-corrected chi connectivity index (χ2v) is 5.50. The molecule has 1 aromatic heterocycles. The van der Waals surface area contributed by atoms with Crippen molar-refractivity contribution in [3.05, 3.63) is 59.9 Å². The molecule has 0 fully saturated rings. The fourth-order valence-corrected chi connectivity index (χ4v) is 3.43. The average Bonchev–Trinajstić information content (AvgIpc) is 3.16. The van der Waals surface area contributed by atoms with Gasteiger partial charge in [-0.05, 0) is 23.8 Å². The topological polar surface area (TPSA) is 51.5 Å². The van der Waals surface area contributed by atoms with Crippen LogP contribution in [0, 0.1) is 0 Å². The number of anilines is 1. The van der Waals surface area contributed by atoms with Gasteiger partial charge in [0.05, 0.1) is 6.26 Å². The first-order valence-electron chi connectivity index (χ1n) is 6.84. The number of carbonyl (C=O) groups is 1. The Morgan fingerprint density at radius 1 is 1.10 bits per heavy atom. The molecule has 1 atom stereocenters. The summed E-state index contributed by atoms with van der Waals surface area (Å²) in [6.07, 6.45) is 1.65. The summed E-state index contributed by atoms with van der Waals surface area (Å²) >= 11 is 0. The van der Waals surface area contributed by atoms with Crippen LogP contribution in [-0.2, 0) is 10.2 Å². The van der Waals surface area contributed by atoms with E-state index in [1.54, 1.807) is 6.26 Å². The van der Waals surface area contributed by atoms with Gasteiger partial charge in [0.15, 0.2) is 0 Å². The molecule has 3 aromatic rings. The van der Waals surface area contributed by atoms with Crippen molar-refractivity contribution < 1.29 is 13.9 Å². The Bertz CT molecular complexity index is 911. The van der Waals surface area contributed by atoms with Crippen molar-refractivity contribution in [1.82, 2.24) is 0 Å². The molecule has 0 bridgehead atoms. The lowest BCUT2D eigenvalue weighted by atomic mass is 9.77. The third kappa shape index (κ3) is 1.18. The van der Waals surface area contributed by atoms with Crippen molar-refractivity contribution in [2.24, 2.45) is 0 Å². The number of ether oxygens (including phenoxy) is 1. The normalized spacial score (nSPS) is 22.2. The highest BCUT2D eigenvalue weighted by molar-refractivity contribution is 6.10. The number of fused-ring (bicyclic) bond motifs is 5. The largest absolute Gasteiger partial charge is 0.491 e. The van der Waals surface area contributed by atoms with Crippen molar-refractivity contribution in [3.63, 3.8) is 0 Å². The van der Waals surface area contributed by atoms with Crippen LogP contribution in [0.3, 0.4) is 0 Å². The second-order valence-electron chi connectivity index (χ2n) is 5.50. The molecule has 0 saturated heterocycles. The predicted octanol–water partition coefficient (Wildman–Crippen LogP) is 3.06. The van der Waals surface area contributed by atoms with E-state index in [4.69, 9.17) is 9.15 Å². The minimum absolute atomic E-state index is 0.0229. The van der Waals surface area contributed by atoms with E-state index in [-0.39, 0.29) is 5.91 Å². The van der Waals surface area contributed by atoms with Gasteiger partial charge in [-0.1, -0.05) is 18.2 Å². The second kappa shape index (κ2) is 3.47. The zero-order valence-electron chi connectivity index (χ0n) is 11.1. The molecule has 4 heteroatoms. The molecule has 2 aliphatic rings. The minimum Gasteiger partial charge on any atom is -0.491 e. The van der Waals surface area contributed by atoms with Crippen molar-refractivity contribution in [2.75, 3.05) is 11.9 Å². The molecule has 0 saturated carbocycles. The number of hydrogen-bond acceptors (Lipinski definition) is 3. The van der Waals surface area contributed by atoms with Crippen molar-refractivity contribution in [1.29, 1.82) is 0 Å². The molecule has 21 heavy (non-hydrogen) atoms. The van der Waals surface area contributed by atoms with E-state index in [0.717, 1.165) is 33.5 Å². The van der Waals surface area contributed by atoms with Crippen LogP contribution in [0.2, 0.25) is 0 Å². The zero-order chi connectivity index (χ0) is 14.0. The Kier molecular flexibility index (Phi) is 1.81. The number of hydrogen-bond donors (Lipinski definition) is 1. The predicted molar refractivity (Wildman–Crippen MR) is 77.6 cm³/mol. The van der Waals surface area contributed by atoms with Gasteiger partial charge in [-0.25, -0.2) is 0 Å². The first kappa shape index (κ1) is 11.0. The third-order valence-electron chi connectivity index (χ3n) is 4.48. The number of rotatable bonds is 0. The molecule has 1 unspecified atom stereocenters. The lowest BCUT2D eigenvalue weighted by Crippen LogP contribution is -2.37. The Morgan fingerprint density at radius 3 is 2.95 bits per heavy atom. The molecule has 1 amide bonds. The highest BCUT2D eigenvalue weighted by Crippen LogP contribution is 2.50. The molecule has 102 valence electrons. The van der Waals surface area contributed by atoms with Crippen LogP contribution in [0.25, 0.3) is 11.0 Å². The third-order valence-corrected chi connectivity index (χ3v) is 4.48. The summed E-state index contributed by atoms with van der Waals surface area (Å²) < 4.78 is 11.2. The maximum absolute atomic E-state index is 12.7. The molecule has 3 heterocycles. The van der Waals surface area contributed by atoms with Crippen LogP contribution in [-0.4, -0.2) is 12.5 Å². The summed E-state index contributed by atoms with van der Waals surface area (Å²) in [5, 5.41) is 3.95. The molecule has 1 spiro atoms. The van der Waals surface area contributed by atoms with Crippen LogP contribution in [0.4, 0.5) is 5.69 Å². The Hall–Kier alpha value is -2.75. The van der Waals surface area contributed by atoms with Gasteiger partial charge < -0.3 is 14.5 Å². The molecule has 0 radical (unpaired) electrons. The SMILES string of the molecule is O=C1Nc2ccccc2C12COc1cc3occc3cc12. The van der Waals surface area contributed by atoms with Crippen LogP contribution >= 0.6 is 0 Å². The number of para-hydroxylation sites is 1. The van der Waals surface area contributed by atoms with Crippen LogP contribution in [0.5, 0.6) is 5.75 Å². The summed E-state index contributed by atoms with van der Waals surface area (Å²) in [6.45, 7) is 0.331. The minimum atomic E-state index is -0.739. The zero-order valence-corrected chi connectivity index (χ0v) is 11.1. The maximum Gasteiger partial charge on any atom is 0.243 e. The summed E-state index contributed by atoms with van der Waals surface area (Å²) in [6, 6.07) is 13.6. The molecule has 0 aliphatic carbocycles. The summed E-state index contributed by atoms with van der Waals surface area (Å²) in [5.41, 5.74) is 2.80. The summed E-state index contributed by atoms with van der Waals surface area (Å²) in [5.74, 6) is 0.703. The highest BCUT2D eigenvalue weighted by Gasteiger charge is 2.53. The first-order valence-corrected chi connectivity index (χ1v) is 6.84. The lowest BCUT2D eigenvalue weighted by Gasteiger charge is -2.19. The molecule has 2 aliphatic heterocycles. The van der Waals surface area contributed by atoms with E-state index in [1.165, 1.54) is 0 Å². The molecular weight excluding hydrogens is 266 g/mol. The molecule has 1 N–H and O–H groups in total.